The van der Waals surface area contributed by atoms with E-state index in [4.69, 9.17) is 10.5 Å². The lowest BCUT2D eigenvalue weighted by Crippen LogP contribution is -2.43. The van der Waals surface area contributed by atoms with E-state index >= 15 is 0 Å². The molecule has 0 aromatic carbocycles. The van der Waals surface area contributed by atoms with E-state index < -0.39 is 0 Å². The van der Waals surface area contributed by atoms with Crippen LogP contribution in [0.4, 0.5) is 0 Å². The summed E-state index contributed by atoms with van der Waals surface area (Å²) in [6, 6.07) is -0.385. The van der Waals surface area contributed by atoms with Crippen molar-refractivity contribution in [2.45, 2.75) is 25.8 Å². The van der Waals surface area contributed by atoms with Crippen LogP contribution in [0, 0.1) is 0 Å². The third-order valence-corrected chi connectivity index (χ3v) is 2.76. The molecule has 5 nitrogen and oxygen atoms in total. The van der Waals surface area contributed by atoms with Gasteiger partial charge in [0.15, 0.2) is 0 Å². The summed E-state index contributed by atoms with van der Waals surface area (Å²) in [6.07, 6.45) is 1.78. The molecule has 0 unspecified atom stereocenters. The van der Waals surface area contributed by atoms with E-state index in [-0.39, 0.29) is 11.9 Å². The fourth-order valence-corrected chi connectivity index (χ4v) is 1.78. The minimum atomic E-state index is -0.385. The molecular formula is C11H23N3O2. The zero-order valence-corrected chi connectivity index (χ0v) is 10.1. The van der Waals surface area contributed by atoms with Crippen LogP contribution in [0.15, 0.2) is 0 Å². The van der Waals surface area contributed by atoms with Crippen LogP contribution in [-0.2, 0) is 9.53 Å². The molecule has 0 aromatic heterocycles. The smallest absolute Gasteiger partial charge is 0.236 e. The van der Waals surface area contributed by atoms with Gasteiger partial charge in [-0.2, -0.15) is 0 Å². The van der Waals surface area contributed by atoms with E-state index in [1.807, 2.05) is 6.92 Å². The van der Waals surface area contributed by atoms with Gasteiger partial charge in [0.25, 0.3) is 0 Å². The van der Waals surface area contributed by atoms with Gasteiger partial charge in [-0.25, -0.2) is 0 Å². The van der Waals surface area contributed by atoms with Crippen LogP contribution in [-0.4, -0.2) is 56.2 Å². The van der Waals surface area contributed by atoms with Crippen LogP contribution in [0.1, 0.15) is 19.8 Å². The molecule has 1 rings (SSSR count). The number of nitrogens with zero attached hydrogens (tertiary/aromatic N) is 1. The number of likely N-dealkylation sites (N-methyl/N-ethyl adjacent to an activating group) is 1. The van der Waals surface area contributed by atoms with Gasteiger partial charge in [-0.1, -0.05) is 0 Å². The van der Waals surface area contributed by atoms with Crippen LogP contribution in [0.5, 0.6) is 0 Å². The summed E-state index contributed by atoms with van der Waals surface area (Å²) in [5, 5.41) is 2.74. The van der Waals surface area contributed by atoms with Crippen molar-refractivity contribution in [3.05, 3.63) is 0 Å². The topological polar surface area (TPSA) is 67.6 Å². The number of hydrogen-bond donors (Lipinski definition) is 2. The second-order valence-electron chi connectivity index (χ2n) is 4.10. The Morgan fingerprint density at radius 1 is 1.50 bits per heavy atom. The molecule has 16 heavy (non-hydrogen) atoms. The normalized spacial score (nSPS) is 20.1. The molecule has 0 aromatic rings. The van der Waals surface area contributed by atoms with Crippen molar-refractivity contribution in [3.8, 4) is 0 Å². The van der Waals surface area contributed by atoms with Gasteiger partial charge in [-0.05, 0) is 19.8 Å². The van der Waals surface area contributed by atoms with Crippen molar-refractivity contribution in [2.75, 3.05) is 39.4 Å². The first-order valence-electron chi connectivity index (χ1n) is 6.07. The van der Waals surface area contributed by atoms with Gasteiger partial charge in [0, 0.05) is 32.8 Å². The highest BCUT2D eigenvalue weighted by Gasteiger charge is 2.15. The average molecular weight is 229 g/mol. The molecule has 0 saturated carbocycles. The summed E-state index contributed by atoms with van der Waals surface area (Å²) in [5.74, 6) is -0.0476. The van der Waals surface area contributed by atoms with E-state index in [2.05, 4.69) is 10.2 Å². The largest absolute Gasteiger partial charge is 0.380 e. The predicted molar refractivity (Wildman–Crippen MR) is 63.2 cm³/mol. The molecule has 1 aliphatic heterocycles. The highest BCUT2D eigenvalue weighted by Crippen LogP contribution is 2.01. The van der Waals surface area contributed by atoms with E-state index in [0.29, 0.717) is 13.0 Å². The summed E-state index contributed by atoms with van der Waals surface area (Å²) in [7, 11) is 0. The lowest BCUT2D eigenvalue weighted by atomic mass is 10.2. The van der Waals surface area contributed by atoms with E-state index in [1.165, 1.54) is 0 Å². The number of ether oxygens (including phenoxy) is 1. The van der Waals surface area contributed by atoms with Gasteiger partial charge in [-0.3, -0.25) is 4.79 Å². The molecule has 1 saturated heterocycles. The molecule has 1 fully saturated rings. The number of nitrogens with one attached hydrogen (secondary N) is 1. The van der Waals surface area contributed by atoms with Crippen molar-refractivity contribution < 1.29 is 9.53 Å². The third kappa shape index (κ3) is 4.92. The minimum Gasteiger partial charge on any atom is -0.380 e. The Bertz CT molecular complexity index is 203. The molecular weight excluding hydrogens is 206 g/mol. The molecule has 1 atom stereocenters. The van der Waals surface area contributed by atoms with E-state index in [1.54, 1.807) is 0 Å². The number of nitrogens with two attached hydrogens (primary N) is 1. The fourth-order valence-electron chi connectivity index (χ4n) is 1.78. The van der Waals surface area contributed by atoms with Gasteiger partial charge < -0.3 is 20.7 Å². The van der Waals surface area contributed by atoms with Crippen molar-refractivity contribution in [3.63, 3.8) is 0 Å². The number of carbonyl (C=O) groups excluding carboxylic acids is 1. The lowest BCUT2D eigenvalue weighted by molar-refractivity contribution is -0.122. The summed E-state index contributed by atoms with van der Waals surface area (Å²) >= 11 is 0. The molecule has 1 heterocycles. The summed E-state index contributed by atoms with van der Waals surface area (Å²) in [4.78, 5) is 13.7. The van der Waals surface area contributed by atoms with Crippen LogP contribution < -0.4 is 11.1 Å². The molecule has 3 N–H and O–H groups in total. The summed E-state index contributed by atoms with van der Waals surface area (Å²) in [5.41, 5.74) is 5.79. The van der Waals surface area contributed by atoms with Crippen molar-refractivity contribution in [1.82, 2.24) is 10.2 Å². The molecule has 1 amide bonds. The Morgan fingerprint density at radius 3 is 3.06 bits per heavy atom. The number of rotatable bonds is 5. The Balaban J connectivity index is 2.19. The van der Waals surface area contributed by atoms with Crippen LogP contribution in [0.25, 0.3) is 0 Å². The first-order chi connectivity index (χ1) is 7.74. The number of amides is 1. The summed E-state index contributed by atoms with van der Waals surface area (Å²) in [6.45, 7) is 7.04. The number of carbonyl (C=O) groups is 1. The average Bonchev–Trinajstić information content (AvgIpc) is 2.54. The van der Waals surface area contributed by atoms with Crippen molar-refractivity contribution in [2.24, 2.45) is 5.73 Å². The quantitative estimate of drug-likeness (QED) is 0.671. The van der Waals surface area contributed by atoms with Gasteiger partial charge in [-0.15, -0.1) is 0 Å². The van der Waals surface area contributed by atoms with Crippen molar-refractivity contribution in [1.29, 1.82) is 0 Å². The monoisotopic (exact) mass is 229 g/mol. The Hall–Kier alpha value is -0.650. The maximum absolute atomic E-state index is 11.4. The second kappa shape index (κ2) is 7.60. The Morgan fingerprint density at radius 2 is 2.31 bits per heavy atom. The van der Waals surface area contributed by atoms with Gasteiger partial charge >= 0.3 is 0 Å². The van der Waals surface area contributed by atoms with E-state index in [9.17, 15) is 4.79 Å². The maximum Gasteiger partial charge on any atom is 0.236 e. The van der Waals surface area contributed by atoms with Crippen LogP contribution >= 0.6 is 0 Å². The third-order valence-electron chi connectivity index (χ3n) is 2.76. The highest BCUT2D eigenvalue weighted by molar-refractivity contribution is 5.81. The Labute approximate surface area is 97.3 Å². The first kappa shape index (κ1) is 13.4. The molecule has 5 heteroatoms. The highest BCUT2D eigenvalue weighted by atomic mass is 16.5. The molecule has 94 valence electrons. The Kier molecular flexibility index (Phi) is 6.37. The fraction of sp³-hybridized carbons (Fsp3) is 0.909. The molecule has 0 radical (unpaired) electrons. The van der Waals surface area contributed by atoms with Gasteiger partial charge in [0.2, 0.25) is 5.91 Å². The van der Waals surface area contributed by atoms with Crippen molar-refractivity contribution >= 4 is 5.91 Å². The first-order valence-corrected chi connectivity index (χ1v) is 6.07. The van der Waals surface area contributed by atoms with Gasteiger partial charge in [0.05, 0.1) is 12.6 Å². The molecule has 0 aliphatic carbocycles. The van der Waals surface area contributed by atoms with Gasteiger partial charge in [0.1, 0.15) is 0 Å². The second-order valence-corrected chi connectivity index (χ2v) is 4.10. The zero-order chi connectivity index (χ0) is 11.8. The van der Waals surface area contributed by atoms with Crippen LogP contribution in [0.2, 0.25) is 0 Å². The standard InChI is InChI=1S/C11H23N3O2/c1-2-13-11(15)10(12)4-6-14-5-3-8-16-9-7-14/h10H,2-9,12H2,1H3,(H,13,15)/t10-/m0/s1. The minimum absolute atomic E-state index is 0.0476. The molecule has 1 aliphatic rings. The van der Waals surface area contributed by atoms with E-state index in [0.717, 1.165) is 39.3 Å². The maximum atomic E-state index is 11.4. The predicted octanol–water partition coefficient (Wildman–Crippen LogP) is -0.438. The summed E-state index contributed by atoms with van der Waals surface area (Å²) < 4.78 is 5.37. The lowest BCUT2D eigenvalue weighted by Gasteiger charge is -2.20. The number of hydrogen-bond acceptors (Lipinski definition) is 4. The zero-order valence-electron chi connectivity index (χ0n) is 10.1. The SMILES string of the molecule is CCNC(=O)[C@@H](N)CCN1CCCOCC1. The van der Waals surface area contributed by atoms with Crippen LogP contribution in [0.3, 0.4) is 0 Å². The molecule has 0 bridgehead atoms. The molecule has 0 spiro atoms.